The van der Waals surface area contributed by atoms with Crippen molar-refractivity contribution in [1.82, 2.24) is 14.5 Å². The van der Waals surface area contributed by atoms with Crippen molar-refractivity contribution in [3.8, 4) is 0 Å². The van der Waals surface area contributed by atoms with Gasteiger partial charge >= 0.3 is 6.03 Å². The maximum absolute atomic E-state index is 12.6. The Balaban J connectivity index is 1.60. The average molecular weight is 445 g/mol. The third-order valence-corrected chi connectivity index (χ3v) is 6.68. The third kappa shape index (κ3) is 5.28. The zero-order valence-corrected chi connectivity index (χ0v) is 18.1. The topological polar surface area (TPSA) is 116 Å². The Kier molecular flexibility index (Phi) is 6.71. The number of nitrogens with one attached hydrogen (secondary N) is 2. The van der Waals surface area contributed by atoms with E-state index in [0.717, 1.165) is 14.8 Å². The van der Waals surface area contributed by atoms with E-state index in [-0.39, 0.29) is 10.6 Å². The predicted octanol–water partition coefficient (Wildman–Crippen LogP) is 1.43. The van der Waals surface area contributed by atoms with Gasteiger partial charge in [0.25, 0.3) is 5.91 Å². The molecule has 1 aliphatic rings. The first-order chi connectivity index (χ1) is 14.7. The van der Waals surface area contributed by atoms with Gasteiger partial charge in [0.1, 0.15) is 12.6 Å². The highest BCUT2D eigenvalue weighted by atomic mass is 32.2. The number of carbonyl (C=O) groups excluding carboxylic acids is 3. The van der Waals surface area contributed by atoms with Crippen LogP contribution in [-0.2, 0) is 26.0 Å². The molecule has 1 saturated heterocycles. The standard InChI is InChI=1S/C21H24N4O5S/c1-24(2)31(29,30)17-10-6-9-16(13-17)22-19(26)14-25-20(27)18(23-21(25)28)12-11-15-7-4-3-5-8-15/h3-10,13,18H,11-12,14H2,1-2H3,(H,22,26)(H,23,28)/t18-/m1/s1. The fourth-order valence-electron chi connectivity index (χ4n) is 3.17. The molecule has 164 valence electrons. The van der Waals surface area contributed by atoms with Crippen LogP contribution in [0, 0.1) is 0 Å². The van der Waals surface area contributed by atoms with Gasteiger partial charge in [0.05, 0.1) is 4.90 Å². The van der Waals surface area contributed by atoms with Crippen LogP contribution in [0.25, 0.3) is 0 Å². The summed E-state index contributed by atoms with van der Waals surface area (Å²) in [6, 6.07) is 14.0. The molecule has 0 spiro atoms. The van der Waals surface area contributed by atoms with Crippen LogP contribution < -0.4 is 10.6 Å². The first-order valence-electron chi connectivity index (χ1n) is 9.67. The van der Waals surface area contributed by atoms with E-state index in [1.807, 2.05) is 30.3 Å². The number of benzene rings is 2. The lowest BCUT2D eigenvalue weighted by Gasteiger charge is -2.15. The van der Waals surface area contributed by atoms with Gasteiger partial charge in [0.15, 0.2) is 0 Å². The molecule has 0 unspecified atom stereocenters. The van der Waals surface area contributed by atoms with Crippen LogP contribution in [0.15, 0.2) is 59.5 Å². The van der Waals surface area contributed by atoms with Crippen molar-refractivity contribution in [3.63, 3.8) is 0 Å². The molecule has 0 aliphatic carbocycles. The zero-order valence-electron chi connectivity index (χ0n) is 17.2. The third-order valence-electron chi connectivity index (χ3n) is 4.87. The first kappa shape index (κ1) is 22.4. The molecular formula is C21H24N4O5S. The molecule has 1 fully saturated rings. The van der Waals surface area contributed by atoms with Crippen molar-refractivity contribution in [1.29, 1.82) is 0 Å². The van der Waals surface area contributed by atoms with Crippen molar-refractivity contribution in [2.45, 2.75) is 23.8 Å². The monoisotopic (exact) mass is 444 g/mol. The van der Waals surface area contributed by atoms with Crippen LogP contribution in [0.3, 0.4) is 0 Å². The Bertz CT molecular complexity index is 1090. The van der Waals surface area contributed by atoms with E-state index in [9.17, 15) is 22.8 Å². The van der Waals surface area contributed by atoms with Gasteiger partial charge in [-0.2, -0.15) is 0 Å². The molecule has 0 saturated carbocycles. The summed E-state index contributed by atoms with van der Waals surface area (Å²) in [5.41, 5.74) is 1.30. The SMILES string of the molecule is CN(C)S(=O)(=O)c1cccc(NC(=O)CN2C(=O)N[C@H](CCc3ccccc3)C2=O)c1. The van der Waals surface area contributed by atoms with Gasteiger partial charge in [-0.1, -0.05) is 36.4 Å². The van der Waals surface area contributed by atoms with Gasteiger partial charge in [-0.25, -0.2) is 17.5 Å². The summed E-state index contributed by atoms with van der Waals surface area (Å²) in [5.74, 6) is -1.06. The number of urea groups is 1. The van der Waals surface area contributed by atoms with Crippen molar-refractivity contribution in [2.75, 3.05) is 26.0 Å². The van der Waals surface area contributed by atoms with Gasteiger partial charge < -0.3 is 10.6 Å². The molecule has 2 aromatic carbocycles. The highest BCUT2D eigenvalue weighted by Crippen LogP contribution is 2.18. The quantitative estimate of drug-likeness (QED) is 0.598. The number of amides is 4. The zero-order chi connectivity index (χ0) is 22.6. The summed E-state index contributed by atoms with van der Waals surface area (Å²) < 4.78 is 25.6. The number of imide groups is 1. The normalized spacial score (nSPS) is 16.5. The van der Waals surface area contributed by atoms with Gasteiger partial charge in [-0.3, -0.25) is 14.5 Å². The van der Waals surface area contributed by atoms with E-state index in [0.29, 0.717) is 12.8 Å². The largest absolute Gasteiger partial charge is 0.326 e. The van der Waals surface area contributed by atoms with E-state index in [1.165, 1.54) is 38.4 Å². The van der Waals surface area contributed by atoms with Gasteiger partial charge in [-0.05, 0) is 36.6 Å². The van der Waals surface area contributed by atoms with Crippen LogP contribution in [0.5, 0.6) is 0 Å². The minimum atomic E-state index is -3.66. The lowest BCUT2D eigenvalue weighted by atomic mass is 10.1. The van der Waals surface area contributed by atoms with Crippen LogP contribution in [0.4, 0.5) is 10.5 Å². The van der Waals surface area contributed by atoms with Crippen molar-refractivity contribution in [3.05, 3.63) is 60.2 Å². The lowest BCUT2D eigenvalue weighted by Crippen LogP contribution is -2.38. The molecule has 1 aliphatic heterocycles. The van der Waals surface area contributed by atoms with Crippen LogP contribution in [0.2, 0.25) is 0 Å². The number of carbonyl (C=O) groups is 3. The maximum Gasteiger partial charge on any atom is 0.325 e. The highest BCUT2D eigenvalue weighted by molar-refractivity contribution is 7.89. The van der Waals surface area contributed by atoms with E-state index >= 15 is 0 Å². The Labute approximate surface area is 181 Å². The molecule has 3 rings (SSSR count). The fourth-order valence-corrected chi connectivity index (χ4v) is 4.12. The second-order valence-corrected chi connectivity index (χ2v) is 9.47. The predicted molar refractivity (Wildman–Crippen MR) is 115 cm³/mol. The molecule has 2 N–H and O–H groups in total. The summed E-state index contributed by atoms with van der Waals surface area (Å²) in [6.45, 7) is -0.461. The molecule has 1 atom stereocenters. The molecule has 31 heavy (non-hydrogen) atoms. The van der Waals surface area contributed by atoms with Crippen LogP contribution in [-0.4, -0.2) is 62.2 Å². The minimum Gasteiger partial charge on any atom is -0.326 e. The number of sulfonamides is 1. The summed E-state index contributed by atoms with van der Waals surface area (Å²) in [7, 11) is -0.840. The molecule has 4 amide bonds. The molecule has 0 aromatic heterocycles. The van der Waals surface area contributed by atoms with Gasteiger partial charge in [-0.15, -0.1) is 0 Å². The Morgan fingerprint density at radius 1 is 1.10 bits per heavy atom. The molecule has 9 nitrogen and oxygen atoms in total. The van der Waals surface area contributed by atoms with Crippen LogP contribution in [0.1, 0.15) is 12.0 Å². The maximum atomic E-state index is 12.6. The van der Waals surface area contributed by atoms with E-state index in [1.54, 1.807) is 0 Å². The number of aryl methyl sites for hydroxylation is 1. The van der Waals surface area contributed by atoms with Crippen LogP contribution >= 0.6 is 0 Å². The summed E-state index contributed by atoms with van der Waals surface area (Å²) >= 11 is 0. The number of nitrogens with zero attached hydrogens (tertiary/aromatic N) is 2. The molecule has 1 heterocycles. The van der Waals surface area contributed by atoms with E-state index < -0.39 is 40.5 Å². The average Bonchev–Trinajstić information content (AvgIpc) is 3.00. The van der Waals surface area contributed by atoms with Crippen molar-refractivity contribution < 1.29 is 22.8 Å². The Morgan fingerprint density at radius 3 is 2.48 bits per heavy atom. The number of hydrogen-bond donors (Lipinski definition) is 2. The molecule has 0 bridgehead atoms. The molecule has 0 radical (unpaired) electrons. The fraction of sp³-hybridized carbons (Fsp3) is 0.286. The highest BCUT2D eigenvalue weighted by Gasteiger charge is 2.38. The van der Waals surface area contributed by atoms with Crippen molar-refractivity contribution >= 4 is 33.6 Å². The Morgan fingerprint density at radius 2 is 1.81 bits per heavy atom. The minimum absolute atomic E-state index is 0.0197. The van der Waals surface area contributed by atoms with Gasteiger partial charge in [0, 0.05) is 19.8 Å². The smallest absolute Gasteiger partial charge is 0.325 e. The summed E-state index contributed by atoms with van der Waals surface area (Å²) in [5, 5.41) is 5.15. The second kappa shape index (κ2) is 9.27. The molecule has 2 aromatic rings. The van der Waals surface area contributed by atoms with E-state index in [2.05, 4.69) is 10.6 Å². The number of anilines is 1. The molecular weight excluding hydrogens is 420 g/mol. The summed E-state index contributed by atoms with van der Waals surface area (Å²) in [6.07, 6.45) is 1.04. The number of rotatable bonds is 8. The first-order valence-corrected chi connectivity index (χ1v) is 11.1. The molecule has 10 heteroatoms. The number of hydrogen-bond acceptors (Lipinski definition) is 5. The van der Waals surface area contributed by atoms with Crippen molar-refractivity contribution in [2.24, 2.45) is 0 Å². The second-order valence-electron chi connectivity index (χ2n) is 7.31. The van der Waals surface area contributed by atoms with E-state index in [4.69, 9.17) is 0 Å². The van der Waals surface area contributed by atoms with Gasteiger partial charge in [0.2, 0.25) is 15.9 Å². The summed E-state index contributed by atoms with van der Waals surface area (Å²) in [4.78, 5) is 38.0. The lowest BCUT2D eigenvalue weighted by molar-refractivity contribution is -0.130. The Hall–Kier alpha value is -3.24.